The molecule has 1 N–H and O–H groups in total. The van der Waals surface area contributed by atoms with Gasteiger partial charge in [0.1, 0.15) is 17.3 Å². The standard InChI is InChI=1S/C19H22F2N4O.ClH/c20-14-4-3-13(17(21)10-14)12-24(15-5-6-15)19(26)18-7-9-25(23-18)16-2-1-8-22-11-16;/h3-4,7,9-10,15-16,22H,1-2,5-6,8,11-12H2;1H. The number of benzene rings is 1. The van der Waals surface area contributed by atoms with E-state index in [-0.39, 0.29) is 36.9 Å². The zero-order chi connectivity index (χ0) is 18.1. The van der Waals surface area contributed by atoms with Gasteiger partial charge in [-0.3, -0.25) is 9.48 Å². The monoisotopic (exact) mass is 396 g/mol. The van der Waals surface area contributed by atoms with Gasteiger partial charge in [0.2, 0.25) is 0 Å². The van der Waals surface area contributed by atoms with Crippen LogP contribution >= 0.6 is 12.4 Å². The molecule has 1 saturated heterocycles. The van der Waals surface area contributed by atoms with Crippen LogP contribution in [0.15, 0.2) is 30.5 Å². The molecule has 27 heavy (non-hydrogen) atoms. The summed E-state index contributed by atoms with van der Waals surface area (Å²) < 4.78 is 29.0. The Morgan fingerprint density at radius 3 is 2.74 bits per heavy atom. The molecule has 4 rings (SSSR count). The van der Waals surface area contributed by atoms with E-state index >= 15 is 0 Å². The van der Waals surface area contributed by atoms with E-state index in [0.717, 1.165) is 44.8 Å². The maximum Gasteiger partial charge on any atom is 0.274 e. The van der Waals surface area contributed by atoms with Crippen molar-refractivity contribution in [2.75, 3.05) is 13.1 Å². The van der Waals surface area contributed by atoms with Crippen LogP contribution in [0.2, 0.25) is 0 Å². The SMILES string of the molecule is Cl.O=C(c1ccn(C2CCCNC2)n1)N(Cc1ccc(F)cc1F)C1CC1. The number of nitrogens with one attached hydrogen (secondary N) is 1. The molecule has 2 fully saturated rings. The molecule has 2 heterocycles. The van der Waals surface area contributed by atoms with Crippen LogP contribution in [0.5, 0.6) is 0 Å². The fraction of sp³-hybridized carbons (Fsp3) is 0.474. The smallest absolute Gasteiger partial charge is 0.274 e. The van der Waals surface area contributed by atoms with Gasteiger partial charge < -0.3 is 10.2 Å². The molecule has 0 bridgehead atoms. The van der Waals surface area contributed by atoms with E-state index in [1.165, 1.54) is 12.1 Å². The molecule has 1 atom stereocenters. The molecular formula is C19H23ClF2N4O. The van der Waals surface area contributed by atoms with Gasteiger partial charge in [0.05, 0.1) is 6.04 Å². The third kappa shape index (κ3) is 4.47. The molecule has 1 aromatic carbocycles. The lowest BCUT2D eigenvalue weighted by molar-refractivity contribution is 0.0720. The third-order valence-electron chi connectivity index (χ3n) is 5.08. The number of amides is 1. The van der Waals surface area contributed by atoms with Crippen LogP contribution in [-0.4, -0.2) is 39.7 Å². The number of nitrogens with zero attached hydrogens (tertiary/aromatic N) is 3. The van der Waals surface area contributed by atoms with E-state index in [9.17, 15) is 13.6 Å². The lowest BCUT2D eigenvalue weighted by Crippen LogP contribution is -2.34. The minimum Gasteiger partial charge on any atom is -0.330 e. The van der Waals surface area contributed by atoms with Crippen molar-refractivity contribution in [3.8, 4) is 0 Å². The Morgan fingerprint density at radius 2 is 2.07 bits per heavy atom. The van der Waals surface area contributed by atoms with Crippen molar-refractivity contribution in [1.29, 1.82) is 0 Å². The Kier molecular flexibility index (Phi) is 6.11. The first kappa shape index (κ1) is 19.8. The predicted octanol–water partition coefficient (Wildman–Crippen LogP) is 3.31. The highest BCUT2D eigenvalue weighted by Gasteiger charge is 2.34. The second kappa shape index (κ2) is 8.35. The summed E-state index contributed by atoms with van der Waals surface area (Å²) in [6.07, 6.45) is 5.78. The maximum atomic E-state index is 14.0. The maximum absolute atomic E-state index is 14.0. The highest BCUT2D eigenvalue weighted by Crippen LogP contribution is 2.30. The van der Waals surface area contributed by atoms with Gasteiger partial charge in [0.15, 0.2) is 0 Å². The predicted molar refractivity (Wildman–Crippen MR) is 99.9 cm³/mol. The van der Waals surface area contributed by atoms with Crippen molar-refractivity contribution >= 4 is 18.3 Å². The molecular weight excluding hydrogens is 374 g/mol. The second-order valence-electron chi connectivity index (χ2n) is 7.08. The second-order valence-corrected chi connectivity index (χ2v) is 7.08. The molecule has 1 aromatic heterocycles. The Morgan fingerprint density at radius 1 is 1.26 bits per heavy atom. The average Bonchev–Trinajstić information content (AvgIpc) is 3.36. The lowest BCUT2D eigenvalue weighted by Gasteiger charge is -2.23. The zero-order valence-electron chi connectivity index (χ0n) is 14.9. The van der Waals surface area contributed by atoms with E-state index in [4.69, 9.17) is 0 Å². The molecule has 0 radical (unpaired) electrons. The van der Waals surface area contributed by atoms with Crippen LogP contribution in [0.25, 0.3) is 0 Å². The lowest BCUT2D eigenvalue weighted by atomic mass is 10.1. The van der Waals surface area contributed by atoms with Gasteiger partial charge in [0, 0.05) is 37.0 Å². The van der Waals surface area contributed by atoms with Gasteiger partial charge in [-0.15, -0.1) is 12.4 Å². The van der Waals surface area contributed by atoms with Crippen LogP contribution in [0.3, 0.4) is 0 Å². The number of rotatable bonds is 5. The normalized spacial score (nSPS) is 19.4. The summed E-state index contributed by atoms with van der Waals surface area (Å²) >= 11 is 0. The average molecular weight is 397 g/mol. The Labute approximate surface area is 163 Å². The van der Waals surface area contributed by atoms with Crippen LogP contribution in [0, 0.1) is 11.6 Å². The molecule has 5 nitrogen and oxygen atoms in total. The summed E-state index contributed by atoms with van der Waals surface area (Å²) in [6, 6.07) is 5.57. The van der Waals surface area contributed by atoms with Crippen LogP contribution in [0.1, 0.15) is 47.8 Å². The van der Waals surface area contributed by atoms with E-state index in [0.29, 0.717) is 11.3 Å². The topological polar surface area (TPSA) is 50.2 Å². The summed E-state index contributed by atoms with van der Waals surface area (Å²) in [6.45, 7) is 2.00. The van der Waals surface area contributed by atoms with Crippen molar-refractivity contribution in [1.82, 2.24) is 20.0 Å². The Hall–Kier alpha value is -1.99. The van der Waals surface area contributed by atoms with Gasteiger partial charge in [-0.25, -0.2) is 8.78 Å². The largest absolute Gasteiger partial charge is 0.330 e. The number of hydrogen-bond donors (Lipinski definition) is 1. The number of piperidine rings is 1. The molecule has 2 aromatic rings. The van der Waals surface area contributed by atoms with Gasteiger partial charge >= 0.3 is 0 Å². The summed E-state index contributed by atoms with van der Waals surface area (Å²) in [7, 11) is 0. The van der Waals surface area contributed by atoms with Gasteiger partial charge in [-0.1, -0.05) is 6.07 Å². The fourth-order valence-electron chi connectivity index (χ4n) is 3.45. The van der Waals surface area contributed by atoms with Crippen LogP contribution in [-0.2, 0) is 6.54 Å². The Balaban J connectivity index is 0.00000210. The van der Waals surface area contributed by atoms with Gasteiger partial charge in [-0.2, -0.15) is 5.10 Å². The Bertz CT molecular complexity index is 803. The van der Waals surface area contributed by atoms with E-state index in [1.54, 1.807) is 11.0 Å². The number of hydrogen-bond acceptors (Lipinski definition) is 3. The number of halogens is 3. The highest BCUT2D eigenvalue weighted by atomic mass is 35.5. The molecule has 146 valence electrons. The minimum absolute atomic E-state index is 0. The third-order valence-corrected chi connectivity index (χ3v) is 5.08. The van der Waals surface area contributed by atoms with Gasteiger partial charge in [-0.05, 0) is 44.4 Å². The number of aromatic nitrogens is 2. The molecule has 1 aliphatic carbocycles. The van der Waals surface area contributed by atoms with Crippen molar-refractivity contribution in [2.45, 2.75) is 44.3 Å². The molecule has 1 amide bonds. The minimum atomic E-state index is -0.623. The summed E-state index contributed by atoms with van der Waals surface area (Å²) in [4.78, 5) is 14.6. The van der Waals surface area contributed by atoms with E-state index in [1.807, 2.05) is 10.9 Å². The summed E-state index contributed by atoms with van der Waals surface area (Å²) in [5.74, 6) is -1.43. The van der Waals surface area contributed by atoms with Gasteiger partial charge in [0.25, 0.3) is 5.91 Å². The molecule has 1 unspecified atom stereocenters. The summed E-state index contributed by atoms with van der Waals surface area (Å²) in [5, 5.41) is 7.81. The van der Waals surface area contributed by atoms with Crippen molar-refractivity contribution < 1.29 is 13.6 Å². The molecule has 0 spiro atoms. The zero-order valence-corrected chi connectivity index (χ0v) is 15.7. The van der Waals surface area contributed by atoms with Crippen molar-refractivity contribution in [3.63, 3.8) is 0 Å². The highest BCUT2D eigenvalue weighted by molar-refractivity contribution is 5.92. The first-order chi connectivity index (χ1) is 12.6. The fourth-order valence-corrected chi connectivity index (χ4v) is 3.45. The number of carbonyl (C=O) groups is 1. The van der Waals surface area contributed by atoms with Crippen molar-refractivity contribution in [2.24, 2.45) is 0 Å². The quantitative estimate of drug-likeness (QED) is 0.843. The number of carbonyl (C=O) groups excluding carboxylic acids is 1. The summed E-state index contributed by atoms with van der Waals surface area (Å²) in [5.41, 5.74) is 0.701. The first-order valence-corrected chi connectivity index (χ1v) is 9.12. The molecule has 1 saturated carbocycles. The molecule has 2 aliphatic rings. The molecule has 8 heteroatoms. The van der Waals surface area contributed by atoms with Crippen LogP contribution < -0.4 is 5.32 Å². The van der Waals surface area contributed by atoms with Crippen LogP contribution in [0.4, 0.5) is 8.78 Å². The first-order valence-electron chi connectivity index (χ1n) is 9.12. The van der Waals surface area contributed by atoms with E-state index < -0.39 is 11.6 Å². The van der Waals surface area contributed by atoms with Crippen molar-refractivity contribution in [3.05, 3.63) is 53.4 Å². The molecule has 1 aliphatic heterocycles. The van der Waals surface area contributed by atoms with E-state index in [2.05, 4.69) is 10.4 Å².